The first-order valence-electron chi connectivity index (χ1n) is 12.0. The van der Waals surface area contributed by atoms with E-state index < -0.39 is 0 Å². The summed E-state index contributed by atoms with van der Waals surface area (Å²) in [5.74, 6) is 0. The molecule has 1 aliphatic carbocycles. The van der Waals surface area contributed by atoms with Gasteiger partial charge >= 0.3 is 0 Å². The van der Waals surface area contributed by atoms with Crippen LogP contribution in [0, 0.1) is 16.2 Å². The number of pyridine rings is 1. The van der Waals surface area contributed by atoms with Crippen LogP contribution in [0.4, 0.5) is 5.69 Å². The molecule has 3 rings (SSSR count). The summed E-state index contributed by atoms with van der Waals surface area (Å²) in [6.07, 6.45) is 10.9. The van der Waals surface area contributed by atoms with Crippen LogP contribution in [0.5, 0.6) is 0 Å². The Hall–Kier alpha value is -3.40. The molecule has 34 heavy (non-hydrogen) atoms. The van der Waals surface area contributed by atoms with Gasteiger partial charge in [0.05, 0.1) is 5.69 Å². The fourth-order valence-electron chi connectivity index (χ4n) is 4.56. The van der Waals surface area contributed by atoms with Crippen LogP contribution in [0.15, 0.2) is 97.0 Å². The summed E-state index contributed by atoms with van der Waals surface area (Å²) < 4.78 is 0. The maximum absolute atomic E-state index is 8.28. The number of anilines is 1. The van der Waals surface area contributed by atoms with Gasteiger partial charge in [0, 0.05) is 35.8 Å². The summed E-state index contributed by atoms with van der Waals surface area (Å²) >= 11 is 0. The lowest BCUT2D eigenvalue weighted by Crippen LogP contribution is -2.33. The third-order valence-electron chi connectivity index (χ3n) is 6.53. The molecule has 1 heterocycles. The van der Waals surface area contributed by atoms with E-state index in [0.717, 1.165) is 60.5 Å². The Balaban J connectivity index is 2.11. The Bertz CT molecular complexity index is 1060. The number of nitrogens with zero attached hydrogens (tertiary/aromatic N) is 1. The highest BCUT2D eigenvalue weighted by atomic mass is 14.9. The average Bonchev–Trinajstić information content (AvgIpc) is 2.84. The predicted octanol–water partition coefficient (Wildman–Crippen LogP) is 7.38. The average molecular weight is 455 g/mol. The minimum atomic E-state index is -0.306. The van der Waals surface area contributed by atoms with Gasteiger partial charge < -0.3 is 16.0 Å². The zero-order valence-electron chi connectivity index (χ0n) is 20.8. The molecule has 0 saturated carbocycles. The highest BCUT2D eigenvalue weighted by Gasteiger charge is 2.41. The summed E-state index contributed by atoms with van der Waals surface area (Å²) in [4.78, 5) is 4.66. The number of hydrogen-bond donors (Lipinski definition) is 3. The fraction of sp³-hybridized carbons (Fsp3) is 0.333. The number of hydrogen-bond acceptors (Lipinski definition) is 4. The van der Waals surface area contributed by atoms with E-state index in [4.69, 9.17) is 5.41 Å². The van der Waals surface area contributed by atoms with Crippen molar-refractivity contribution in [2.24, 2.45) is 10.8 Å². The van der Waals surface area contributed by atoms with Gasteiger partial charge in [-0.05, 0) is 78.8 Å². The molecule has 0 fully saturated rings. The van der Waals surface area contributed by atoms with E-state index in [1.165, 1.54) is 11.8 Å². The minimum Gasteiger partial charge on any atom is -0.391 e. The lowest BCUT2D eigenvalue weighted by molar-refractivity contribution is 0.297. The number of nitrogens with one attached hydrogen (secondary N) is 3. The maximum Gasteiger partial charge on any atom is 0.0664 e. The van der Waals surface area contributed by atoms with Gasteiger partial charge in [0.1, 0.15) is 0 Å². The fourth-order valence-corrected chi connectivity index (χ4v) is 4.56. The van der Waals surface area contributed by atoms with Crippen LogP contribution in [0.2, 0.25) is 0 Å². The molecule has 1 atom stereocenters. The van der Waals surface area contributed by atoms with Crippen LogP contribution in [0.25, 0.3) is 5.57 Å². The van der Waals surface area contributed by atoms with Gasteiger partial charge in [-0.15, -0.1) is 0 Å². The van der Waals surface area contributed by atoms with Gasteiger partial charge in [-0.25, -0.2) is 0 Å². The summed E-state index contributed by atoms with van der Waals surface area (Å²) in [7, 11) is 0. The smallest absolute Gasteiger partial charge is 0.0664 e. The third-order valence-corrected chi connectivity index (χ3v) is 6.53. The first kappa shape index (κ1) is 25.2. The van der Waals surface area contributed by atoms with Crippen molar-refractivity contribution in [2.45, 2.75) is 46.5 Å². The second kappa shape index (κ2) is 11.1. The largest absolute Gasteiger partial charge is 0.391 e. The number of rotatable bonds is 11. The number of allylic oxidation sites excluding steroid dienone is 3. The molecule has 1 aliphatic rings. The van der Waals surface area contributed by atoms with E-state index in [1.807, 2.05) is 42.6 Å². The van der Waals surface area contributed by atoms with Crippen molar-refractivity contribution in [3.8, 4) is 0 Å². The van der Waals surface area contributed by atoms with E-state index in [-0.39, 0.29) is 10.8 Å². The Labute approximate surface area is 205 Å². The Morgan fingerprint density at radius 2 is 1.88 bits per heavy atom. The lowest BCUT2D eigenvalue weighted by atomic mass is 9.61. The lowest BCUT2D eigenvalue weighted by Gasteiger charge is -2.43. The van der Waals surface area contributed by atoms with Crippen molar-refractivity contribution in [3.05, 3.63) is 103 Å². The van der Waals surface area contributed by atoms with Crippen LogP contribution in [-0.2, 0) is 0 Å². The second-order valence-corrected chi connectivity index (χ2v) is 10.2. The van der Waals surface area contributed by atoms with Gasteiger partial charge in [-0.1, -0.05) is 63.8 Å². The number of aromatic nitrogens is 1. The van der Waals surface area contributed by atoms with Crippen LogP contribution in [0.1, 0.15) is 52.1 Å². The van der Waals surface area contributed by atoms with Gasteiger partial charge in [-0.3, -0.25) is 4.98 Å². The first-order valence-corrected chi connectivity index (χ1v) is 12.0. The van der Waals surface area contributed by atoms with Crippen LogP contribution >= 0.6 is 0 Å². The van der Waals surface area contributed by atoms with Crippen molar-refractivity contribution in [1.82, 2.24) is 10.3 Å². The SMILES string of the molecule is C=CNCCC1=CC(Nc2ccccc2)=C(C=N)CC1(CCC(C)(C)C)C(=C)c1ccccn1. The molecule has 2 aromatic rings. The predicted molar refractivity (Wildman–Crippen MR) is 146 cm³/mol. The Morgan fingerprint density at radius 3 is 2.50 bits per heavy atom. The van der Waals surface area contributed by atoms with Gasteiger partial charge in [0.2, 0.25) is 0 Å². The molecule has 3 N–H and O–H groups in total. The van der Waals surface area contributed by atoms with Crippen LogP contribution in [-0.4, -0.2) is 17.7 Å². The highest BCUT2D eigenvalue weighted by molar-refractivity contribution is 5.83. The summed E-state index contributed by atoms with van der Waals surface area (Å²) in [5.41, 5.74) is 6.11. The molecule has 0 aliphatic heterocycles. The summed E-state index contributed by atoms with van der Waals surface area (Å²) in [6.45, 7) is 16.1. The zero-order chi connectivity index (χ0) is 24.6. The Kier molecular flexibility index (Phi) is 8.27. The molecule has 1 unspecified atom stereocenters. The second-order valence-electron chi connectivity index (χ2n) is 10.2. The molecule has 178 valence electrons. The molecule has 4 heteroatoms. The zero-order valence-corrected chi connectivity index (χ0v) is 20.8. The van der Waals surface area contributed by atoms with Crippen molar-refractivity contribution in [3.63, 3.8) is 0 Å². The van der Waals surface area contributed by atoms with Crippen molar-refractivity contribution in [2.75, 3.05) is 11.9 Å². The molecule has 4 nitrogen and oxygen atoms in total. The first-order chi connectivity index (χ1) is 16.3. The molecular formula is C30H38N4. The summed E-state index contributed by atoms with van der Waals surface area (Å²) in [5, 5.41) is 15.1. The van der Waals surface area contributed by atoms with Crippen molar-refractivity contribution >= 4 is 17.5 Å². The molecule has 0 saturated heterocycles. The van der Waals surface area contributed by atoms with E-state index in [0.29, 0.717) is 0 Å². The monoisotopic (exact) mass is 454 g/mol. The van der Waals surface area contributed by atoms with E-state index in [2.05, 4.69) is 67.8 Å². The quantitative estimate of drug-likeness (QED) is 0.245. The molecule has 1 aromatic heterocycles. The molecule has 1 aromatic carbocycles. The van der Waals surface area contributed by atoms with Crippen LogP contribution < -0.4 is 10.6 Å². The molecule has 0 radical (unpaired) electrons. The van der Waals surface area contributed by atoms with Gasteiger partial charge in [0.15, 0.2) is 0 Å². The van der Waals surface area contributed by atoms with E-state index >= 15 is 0 Å². The minimum absolute atomic E-state index is 0.180. The molecule has 0 spiro atoms. The molecular weight excluding hydrogens is 416 g/mol. The van der Waals surface area contributed by atoms with Crippen LogP contribution in [0.3, 0.4) is 0 Å². The summed E-state index contributed by atoms with van der Waals surface area (Å²) in [6, 6.07) is 16.2. The van der Waals surface area contributed by atoms with E-state index in [9.17, 15) is 0 Å². The highest BCUT2D eigenvalue weighted by Crippen LogP contribution is 2.53. The van der Waals surface area contributed by atoms with E-state index in [1.54, 1.807) is 6.20 Å². The maximum atomic E-state index is 8.28. The number of benzene rings is 1. The molecule has 0 bridgehead atoms. The van der Waals surface area contributed by atoms with Gasteiger partial charge in [-0.2, -0.15) is 0 Å². The standard InChI is InChI=1S/C30H38N4/c1-6-32-19-15-25-20-28(34-26-12-8-7-9-13-26)24(22-31)21-30(25,17-16-29(3,4)5)23(2)27-14-10-11-18-33-27/h6-14,18,20,22,31-32,34H,1-2,15-17,19,21H2,3-5H3. The topological polar surface area (TPSA) is 60.8 Å². The Morgan fingerprint density at radius 1 is 1.15 bits per heavy atom. The molecule has 0 amide bonds. The third kappa shape index (κ3) is 6.13. The number of para-hydroxylation sites is 1. The normalized spacial score (nSPS) is 18.1. The van der Waals surface area contributed by atoms with Gasteiger partial charge in [0.25, 0.3) is 0 Å². The van der Waals surface area contributed by atoms with Crippen molar-refractivity contribution < 1.29 is 0 Å². The van der Waals surface area contributed by atoms with Crippen molar-refractivity contribution in [1.29, 1.82) is 5.41 Å².